The van der Waals surface area contributed by atoms with E-state index in [0.717, 1.165) is 33.4 Å². The average Bonchev–Trinajstić information content (AvgIpc) is 3.26. The zero-order valence-corrected chi connectivity index (χ0v) is 31.0. The maximum absolute atomic E-state index is 7.36. The maximum Gasteiger partial charge on any atom is 0.187 e. The molecule has 0 aliphatic carbocycles. The Morgan fingerprint density at radius 3 is 1.22 bits per heavy atom. The van der Waals surface area contributed by atoms with Gasteiger partial charge < -0.3 is 28.4 Å². The fourth-order valence-corrected chi connectivity index (χ4v) is 7.15. The molecule has 1 aliphatic heterocycles. The number of hydrogen-bond donors (Lipinski definition) is 0. The van der Waals surface area contributed by atoms with Crippen LogP contribution in [0.25, 0.3) is 0 Å². The summed E-state index contributed by atoms with van der Waals surface area (Å²) in [5.74, 6) is 0. The summed E-state index contributed by atoms with van der Waals surface area (Å²) in [6.45, 7) is 5.33. The molecule has 0 unspecified atom stereocenters. The van der Waals surface area contributed by atoms with Gasteiger partial charge in [0.15, 0.2) is 6.29 Å². The molecule has 0 saturated carbocycles. The van der Waals surface area contributed by atoms with Crippen molar-refractivity contribution in [1.29, 1.82) is 0 Å². The highest BCUT2D eigenvalue weighted by Crippen LogP contribution is 2.42. The summed E-state index contributed by atoms with van der Waals surface area (Å²) >= 11 is 0. The molecule has 6 aromatic carbocycles. The summed E-state index contributed by atoms with van der Waals surface area (Å²) in [5, 5.41) is 0. The molecule has 1 heterocycles. The minimum atomic E-state index is -0.977. The molecule has 0 spiro atoms. The first kappa shape index (κ1) is 38.1. The Balaban J connectivity index is 1.29. The Morgan fingerprint density at radius 2 is 0.818 bits per heavy atom. The van der Waals surface area contributed by atoms with Crippen LogP contribution in [0.15, 0.2) is 195 Å². The zero-order chi connectivity index (χ0) is 37.5. The highest BCUT2D eigenvalue weighted by atomic mass is 16.7. The second-order valence-corrected chi connectivity index (χ2v) is 13.5. The Hall–Kier alpha value is -5.18. The molecule has 55 heavy (non-hydrogen) atoms. The minimum absolute atomic E-state index is 0.142. The highest BCUT2D eigenvalue weighted by molar-refractivity contribution is 5.47. The van der Waals surface area contributed by atoms with Crippen molar-refractivity contribution in [2.24, 2.45) is 0 Å². The molecule has 5 atom stereocenters. The second kappa shape index (κ2) is 19.4. The molecule has 6 nitrogen and oxygen atoms in total. The lowest BCUT2D eigenvalue weighted by molar-refractivity contribution is -0.328. The van der Waals surface area contributed by atoms with Gasteiger partial charge in [0.25, 0.3) is 0 Å². The summed E-state index contributed by atoms with van der Waals surface area (Å²) in [7, 11) is 0. The molecule has 0 amide bonds. The molecular formula is C49H48O6. The van der Waals surface area contributed by atoms with Crippen molar-refractivity contribution in [3.8, 4) is 0 Å². The molecule has 1 aliphatic rings. The van der Waals surface area contributed by atoms with Crippen molar-refractivity contribution in [2.75, 3.05) is 13.2 Å². The van der Waals surface area contributed by atoms with Gasteiger partial charge in [0.2, 0.25) is 0 Å². The molecular weight excluding hydrogens is 685 g/mol. The van der Waals surface area contributed by atoms with Crippen molar-refractivity contribution >= 4 is 0 Å². The van der Waals surface area contributed by atoms with Gasteiger partial charge in [-0.05, 0) is 33.4 Å². The quantitative estimate of drug-likeness (QED) is 0.0648. The monoisotopic (exact) mass is 732 g/mol. The van der Waals surface area contributed by atoms with Crippen LogP contribution in [0, 0.1) is 0 Å². The van der Waals surface area contributed by atoms with Gasteiger partial charge in [0.05, 0.1) is 33.0 Å². The van der Waals surface area contributed by atoms with Crippen LogP contribution in [-0.4, -0.2) is 43.9 Å². The fourth-order valence-electron chi connectivity index (χ4n) is 7.15. The van der Waals surface area contributed by atoms with Crippen LogP contribution in [0.4, 0.5) is 0 Å². The number of benzene rings is 6. The Kier molecular flexibility index (Phi) is 13.5. The lowest BCUT2D eigenvalue weighted by atomic mass is 9.80. The molecule has 280 valence electrons. The smallest absolute Gasteiger partial charge is 0.187 e. The van der Waals surface area contributed by atoms with E-state index < -0.39 is 36.3 Å². The van der Waals surface area contributed by atoms with Crippen LogP contribution >= 0.6 is 0 Å². The first-order valence-corrected chi connectivity index (χ1v) is 18.9. The van der Waals surface area contributed by atoms with E-state index in [0.29, 0.717) is 19.8 Å². The average molecular weight is 733 g/mol. The standard InChI is InChI=1S/C49H48O6/c1-2-33-50-48-47(53-36-40-25-13-5-14-26-40)46(52-35-39-23-11-4-12-24-39)45(51-34-38-21-9-3-10-22-38)44(55-48)37-54-49(41-27-15-6-16-28-41,42-29-17-7-18-30-42)43-31-19-8-20-32-43/h2-32,44-48H,1,33-37H2/t44-,45-,46+,47-,48+/m1/s1. The lowest BCUT2D eigenvalue weighted by Crippen LogP contribution is -2.62. The molecule has 6 heteroatoms. The second-order valence-electron chi connectivity index (χ2n) is 13.5. The van der Waals surface area contributed by atoms with E-state index in [2.05, 4.69) is 67.2 Å². The number of ether oxygens (including phenoxy) is 6. The molecule has 1 saturated heterocycles. The minimum Gasteiger partial charge on any atom is -0.368 e. The van der Waals surface area contributed by atoms with Crippen LogP contribution in [0.3, 0.4) is 0 Å². The van der Waals surface area contributed by atoms with Crippen molar-refractivity contribution in [2.45, 2.75) is 56.1 Å². The summed E-state index contributed by atoms with van der Waals surface area (Å²) in [4.78, 5) is 0. The lowest BCUT2D eigenvalue weighted by Gasteiger charge is -2.47. The van der Waals surface area contributed by atoms with Crippen LogP contribution in [0.5, 0.6) is 0 Å². The van der Waals surface area contributed by atoms with Crippen LogP contribution in [0.1, 0.15) is 33.4 Å². The SMILES string of the molecule is C=CCO[C@H]1O[C@H](COC(c2ccccc2)(c2ccccc2)c2ccccc2)[C@@H](OCc2ccccc2)[C@H](OCc2ccccc2)[C@H]1OCc1ccccc1. The molecule has 0 radical (unpaired) electrons. The summed E-state index contributed by atoms with van der Waals surface area (Å²) in [5.41, 5.74) is 5.09. The van der Waals surface area contributed by atoms with E-state index in [4.69, 9.17) is 28.4 Å². The van der Waals surface area contributed by atoms with Crippen LogP contribution in [-0.2, 0) is 53.8 Å². The predicted molar refractivity (Wildman–Crippen MR) is 215 cm³/mol. The molecule has 6 aromatic rings. The van der Waals surface area contributed by atoms with Gasteiger partial charge in [-0.25, -0.2) is 0 Å². The third-order valence-electron chi connectivity index (χ3n) is 9.83. The van der Waals surface area contributed by atoms with Crippen LogP contribution < -0.4 is 0 Å². The number of hydrogen-bond acceptors (Lipinski definition) is 6. The van der Waals surface area contributed by atoms with Crippen molar-refractivity contribution in [3.63, 3.8) is 0 Å². The van der Waals surface area contributed by atoms with Gasteiger partial charge in [-0.15, -0.1) is 6.58 Å². The molecule has 0 N–H and O–H groups in total. The third-order valence-corrected chi connectivity index (χ3v) is 9.83. The largest absolute Gasteiger partial charge is 0.368 e. The van der Waals surface area contributed by atoms with Crippen LogP contribution in [0.2, 0.25) is 0 Å². The summed E-state index contributed by atoms with van der Waals surface area (Å²) in [6, 6.07) is 61.4. The van der Waals surface area contributed by atoms with E-state index in [1.54, 1.807) is 6.08 Å². The van der Waals surface area contributed by atoms with Crippen molar-refractivity contribution in [1.82, 2.24) is 0 Å². The van der Waals surface area contributed by atoms with Crippen molar-refractivity contribution in [3.05, 3.63) is 228 Å². The number of rotatable bonds is 18. The topological polar surface area (TPSA) is 55.4 Å². The van der Waals surface area contributed by atoms with E-state index in [1.165, 1.54) is 0 Å². The zero-order valence-electron chi connectivity index (χ0n) is 31.0. The van der Waals surface area contributed by atoms with Gasteiger partial charge in [-0.1, -0.05) is 188 Å². The summed E-state index contributed by atoms with van der Waals surface area (Å²) < 4.78 is 41.3. The van der Waals surface area contributed by atoms with Gasteiger partial charge in [-0.3, -0.25) is 0 Å². The normalized spacial score (nSPS) is 19.8. The molecule has 1 fully saturated rings. The Labute approximate surface area is 324 Å². The first-order chi connectivity index (χ1) is 27.2. The van der Waals surface area contributed by atoms with Gasteiger partial charge in [0, 0.05) is 0 Å². The Morgan fingerprint density at radius 1 is 0.455 bits per heavy atom. The van der Waals surface area contributed by atoms with E-state index >= 15 is 0 Å². The summed E-state index contributed by atoms with van der Waals surface area (Å²) in [6.07, 6.45) is -1.61. The third kappa shape index (κ3) is 9.56. The fraction of sp³-hybridized carbons (Fsp3) is 0.224. The van der Waals surface area contributed by atoms with Gasteiger partial charge in [-0.2, -0.15) is 0 Å². The first-order valence-electron chi connectivity index (χ1n) is 18.9. The molecule has 0 bridgehead atoms. The van der Waals surface area contributed by atoms with Crippen molar-refractivity contribution < 1.29 is 28.4 Å². The predicted octanol–water partition coefficient (Wildman–Crippen LogP) is 9.68. The Bertz CT molecular complexity index is 1880. The molecule has 0 aromatic heterocycles. The van der Waals surface area contributed by atoms with E-state index in [9.17, 15) is 0 Å². The van der Waals surface area contributed by atoms with Gasteiger partial charge in [0.1, 0.15) is 30.0 Å². The van der Waals surface area contributed by atoms with Gasteiger partial charge >= 0.3 is 0 Å². The van der Waals surface area contributed by atoms with E-state index in [-0.39, 0.29) is 13.2 Å². The van der Waals surface area contributed by atoms with E-state index in [1.807, 2.05) is 121 Å². The molecule has 7 rings (SSSR count). The maximum atomic E-state index is 7.36. The highest BCUT2D eigenvalue weighted by Gasteiger charge is 2.50.